The summed E-state index contributed by atoms with van der Waals surface area (Å²) in [5, 5.41) is 5.69. The van der Waals surface area contributed by atoms with Crippen LogP contribution in [-0.2, 0) is 6.54 Å². The van der Waals surface area contributed by atoms with E-state index in [0.717, 1.165) is 5.75 Å². The first-order valence-electron chi connectivity index (χ1n) is 8.04. The zero-order valence-electron chi connectivity index (χ0n) is 13.6. The number of amides is 1. The second kappa shape index (κ2) is 6.72. The topological polar surface area (TPSA) is 101 Å². The molecule has 2 aromatic heterocycles. The predicted octanol–water partition coefficient (Wildman–Crippen LogP) is 1.33. The molecule has 3 heterocycles. The third-order valence-electron chi connectivity index (χ3n) is 4.05. The summed E-state index contributed by atoms with van der Waals surface area (Å²) in [4.78, 5) is 46.3. The Labute approximate surface area is 153 Å². The van der Waals surface area contributed by atoms with Gasteiger partial charge in [0, 0.05) is 18.5 Å². The van der Waals surface area contributed by atoms with Crippen molar-refractivity contribution in [1.29, 1.82) is 0 Å². The highest BCUT2D eigenvalue weighted by Crippen LogP contribution is 2.33. The molecule has 0 aromatic carbocycles. The summed E-state index contributed by atoms with van der Waals surface area (Å²) in [6, 6.07) is 8.38. The third kappa shape index (κ3) is 2.88. The van der Waals surface area contributed by atoms with Crippen LogP contribution < -0.4 is 10.6 Å². The molecular weight excluding hydrogens is 352 g/mol. The zero-order chi connectivity index (χ0) is 18.1. The fraction of sp³-hybridized carbons (Fsp3) is 0.167. The molecule has 2 aliphatic rings. The van der Waals surface area contributed by atoms with Crippen molar-refractivity contribution < 1.29 is 14.4 Å². The lowest BCUT2D eigenvalue weighted by molar-refractivity contribution is 0.0940. The molecule has 8 heteroatoms. The minimum absolute atomic E-state index is 0.0224. The van der Waals surface area contributed by atoms with Crippen molar-refractivity contribution in [2.75, 3.05) is 12.3 Å². The summed E-state index contributed by atoms with van der Waals surface area (Å²) < 4.78 is 0. The first-order valence-corrected chi connectivity index (χ1v) is 9.03. The Morgan fingerprint density at radius 2 is 2.08 bits per heavy atom. The number of thioether (sulfide) groups is 1. The Balaban J connectivity index is 1.59. The Bertz CT molecular complexity index is 956. The van der Waals surface area contributed by atoms with Crippen LogP contribution in [0.4, 0.5) is 0 Å². The molecule has 0 atom stereocenters. The van der Waals surface area contributed by atoms with Crippen LogP contribution in [0.5, 0.6) is 0 Å². The average molecular weight is 366 g/mol. The summed E-state index contributed by atoms with van der Waals surface area (Å²) in [6.07, 6.45) is 1.64. The van der Waals surface area contributed by atoms with E-state index >= 15 is 0 Å². The maximum atomic E-state index is 12.7. The van der Waals surface area contributed by atoms with E-state index in [9.17, 15) is 14.4 Å². The first kappa shape index (κ1) is 16.5. The van der Waals surface area contributed by atoms with E-state index in [0.29, 0.717) is 17.1 Å². The van der Waals surface area contributed by atoms with Gasteiger partial charge in [-0.05, 0) is 24.3 Å². The molecule has 1 aliphatic carbocycles. The Morgan fingerprint density at radius 1 is 1.19 bits per heavy atom. The smallest absolute Gasteiger partial charge is 0.270 e. The second-order valence-electron chi connectivity index (χ2n) is 5.73. The van der Waals surface area contributed by atoms with Crippen molar-refractivity contribution in [3.8, 4) is 0 Å². The van der Waals surface area contributed by atoms with E-state index in [1.165, 1.54) is 23.9 Å². The zero-order valence-corrected chi connectivity index (χ0v) is 14.4. The molecule has 1 aliphatic heterocycles. The van der Waals surface area contributed by atoms with Crippen LogP contribution in [0.15, 0.2) is 47.1 Å². The number of nitrogens with zero attached hydrogens (tertiary/aromatic N) is 2. The molecule has 0 fully saturated rings. The van der Waals surface area contributed by atoms with Gasteiger partial charge >= 0.3 is 0 Å². The van der Waals surface area contributed by atoms with E-state index in [1.807, 2.05) is 6.07 Å². The number of nitrogens with one attached hydrogen (secondary N) is 2. The molecule has 1 amide bonds. The van der Waals surface area contributed by atoms with E-state index in [4.69, 9.17) is 0 Å². The normalized spacial score (nSPS) is 15.8. The first-order chi connectivity index (χ1) is 12.6. The van der Waals surface area contributed by atoms with Gasteiger partial charge in [-0.3, -0.25) is 19.4 Å². The highest BCUT2D eigenvalue weighted by Gasteiger charge is 2.35. The number of aromatic nitrogens is 2. The van der Waals surface area contributed by atoms with Crippen LogP contribution in [-0.4, -0.2) is 39.7 Å². The summed E-state index contributed by atoms with van der Waals surface area (Å²) in [5.74, 6) is -0.264. The number of allylic oxidation sites excluding steroid dienone is 2. The fourth-order valence-electron chi connectivity index (χ4n) is 2.79. The number of carbonyl (C=O) groups excluding carboxylic acids is 3. The van der Waals surface area contributed by atoms with Crippen molar-refractivity contribution in [2.45, 2.75) is 6.54 Å². The maximum Gasteiger partial charge on any atom is 0.270 e. The van der Waals surface area contributed by atoms with Gasteiger partial charge in [0.25, 0.3) is 5.91 Å². The Kier molecular flexibility index (Phi) is 4.26. The highest BCUT2D eigenvalue weighted by atomic mass is 32.2. The number of rotatable bonds is 3. The number of pyridine rings is 2. The second-order valence-corrected chi connectivity index (χ2v) is 6.84. The molecule has 0 bridgehead atoms. The fourth-order valence-corrected chi connectivity index (χ4v) is 3.75. The van der Waals surface area contributed by atoms with Gasteiger partial charge in [-0.1, -0.05) is 6.07 Å². The van der Waals surface area contributed by atoms with Crippen molar-refractivity contribution in [3.05, 3.63) is 69.8 Å². The molecule has 2 N–H and O–H groups in total. The molecule has 2 aromatic rings. The number of ketones is 2. The van der Waals surface area contributed by atoms with E-state index in [1.54, 1.807) is 18.3 Å². The molecule has 0 unspecified atom stereocenters. The van der Waals surface area contributed by atoms with Crippen molar-refractivity contribution in [3.63, 3.8) is 0 Å². The third-order valence-corrected chi connectivity index (χ3v) is 5.14. The molecule has 26 heavy (non-hydrogen) atoms. The van der Waals surface area contributed by atoms with E-state index in [2.05, 4.69) is 20.6 Å². The number of hydrogen-bond acceptors (Lipinski definition) is 7. The van der Waals surface area contributed by atoms with Crippen LogP contribution in [0, 0.1) is 0 Å². The van der Waals surface area contributed by atoms with Gasteiger partial charge in [0.15, 0.2) is 0 Å². The number of Topliss-reactive ketones (excluding diaryl/α,β-unsaturated/α-hetero) is 2. The van der Waals surface area contributed by atoms with E-state index < -0.39 is 5.91 Å². The summed E-state index contributed by atoms with van der Waals surface area (Å²) >= 11 is 1.37. The summed E-state index contributed by atoms with van der Waals surface area (Å²) in [7, 11) is 0. The Morgan fingerprint density at radius 3 is 2.88 bits per heavy atom. The minimum Gasteiger partial charge on any atom is -0.380 e. The van der Waals surface area contributed by atoms with Gasteiger partial charge < -0.3 is 10.6 Å². The predicted molar refractivity (Wildman–Crippen MR) is 95.8 cm³/mol. The lowest BCUT2D eigenvalue weighted by Gasteiger charge is -2.24. The molecule has 0 spiro atoms. The van der Waals surface area contributed by atoms with Gasteiger partial charge in [-0.2, -0.15) is 0 Å². The van der Waals surface area contributed by atoms with Gasteiger partial charge in [-0.15, -0.1) is 11.8 Å². The van der Waals surface area contributed by atoms with Crippen LogP contribution >= 0.6 is 11.8 Å². The molecule has 130 valence electrons. The van der Waals surface area contributed by atoms with Crippen LogP contribution in [0.25, 0.3) is 0 Å². The molecule has 0 saturated carbocycles. The number of carbonyl (C=O) groups is 3. The van der Waals surface area contributed by atoms with Gasteiger partial charge in [-0.25, -0.2) is 4.98 Å². The van der Waals surface area contributed by atoms with Crippen LogP contribution in [0.1, 0.15) is 37.0 Å². The van der Waals surface area contributed by atoms with E-state index in [-0.39, 0.29) is 40.8 Å². The molecule has 0 radical (unpaired) electrons. The molecule has 0 saturated heterocycles. The van der Waals surface area contributed by atoms with Gasteiger partial charge in [0.05, 0.1) is 22.7 Å². The number of hydrogen-bond donors (Lipinski definition) is 2. The van der Waals surface area contributed by atoms with Gasteiger partial charge in [0.1, 0.15) is 17.1 Å². The number of fused-ring (bicyclic) bond motifs is 1. The SMILES string of the molecule is O=C(NCc1ccccn1)c1ccc2c(n1)C(=O)C1=C(SCCN1)C2=O. The minimum atomic E-state index is -0.426. The summed E-state index contributed by atoms with van der Waals surface area (Å²) in [6.45, 7) is 0.862. The average Bonchev–Trinajstić information content (AvgIpc) is 2.70. The Hall–Kier alpha value is -3.00. The van der Waals surface area contributed by atoms with Crippen molar-refractivity contribution in [2.24, 2.45) is 0 Å². The standard InChI is InChI=1S/C18H14N4O3S/c23-15-11-4-5-12(18(25)21-9-10-3-1-2-6-19-10)22-13(11)16(24)14-17(15)26-8-7-20-14/h1-6,20H,7-9H2,(H,21,25). The molecule has 4 rings (SSSR count). The van der Waals surface area contributed by atoms with Crippen LogP contribution in [0.2, 0.25) is 0 Å². The highest BCUT2D eigenvalue weighted by molar-refractivity contribution is 8.04. The molecule has 7 nitrogen and oxygen atoms in total. The van der Waals surface area contributed by atoms with Crippen LogP contribution in [0.3, 0.4) is 0 Å². The van der Waals surface area contributed by atoms with Gasteiger partial charge in [0.2, 0.25) is 11.6 Å². The van der Waals surface area contributed by atoms with Crippen molar-refractivity contribution >= 4 is 29.2 Å². The maximum absolute atomic E-state index is 12.7. The largest absolute Gasteiger partial charge is 0.380 e. The van der Waals surface area contributed by atoms with Crippen molar-refractivity contribution in [1.82, 2.24) is 20.6 Å². The monoisotopic (exact) mass is 366 g/mol. The lowest BCUT2D eigenvalue weighted by Crippen LogP contribution is -2.35. The summed E-state index contributed by atoms with van der Waals surface area (Å²) in [5.41, 5.74) is 1.36. The quantitative estimate of drug-likeness (QED) is 0.845. The lowest BCUT2D eigenvalue weighted by atomic mass is 9.96. The molecular formula is C18H14N4O3S.